The van der Waals surface area contributed by atoms with Gasteiger partial charge in [-0.2, -0.15) is 0 Å². The van der Waals surface area contributed by atoms with Gasteiger partial charge in [-0.05, 0) is 18.4 Å². The molecule has 0 N–H and O–H groups in total. The van der Waals surface area contributed by atoms with Crippen molar-refractivity contribution < 1.29 is 9.53 Å². The van der Waals surface area contributed by atoms with E-state index < -0.39 is 0 Å². The van der Waals surface area contributed by atoms with Gasteiger partial charge < -0.3 is 14.2 Å². The molecule has 0 bridgehead atoms. The van der Waals surface area contributed by atoms with Crippen molar-refractivity contribution in [1.29, 1.82) is 0 Å². The third-order valence-corrected chi connectivity index (χ3v) is 6.17. The van der Waals surface area contributed by atoms with Crippen molar-refractivity contribution in [3.63, 3.8) is 0 Å². The molecule has 0 saturated carbocycles. The molecule has 26 heavy (non-hydrogen) atoms. The van der Waals surface area contributed by atoms with Crippen molar-refractivity contribution in [2.75, 3.05) is 26.3 Å². The number of hydrogen-bond acceptors (Lipinski definition) is 5. The average molecular weight is 372 g/mol. The highest BCUT2D eigenvalue weighted by molar-refractivity contribution is 8.00. The summed E-state index contributed by atoms with van der Waals surface area (Å²) in [5.74, 6) is 1.19. The van der Waals surface area contributed by atoms with Crippen molar-refractivity contribution in [3.8, 4) is 0 Å². The van der Waals surface area contributed by atoms with Crippen molar-refractivity contribution in [3.05, 3.63) is 41.7 Å². The lowest BCUT2D eigenvalue weighted by molar-refractivity contribution is -0.134. The van der Waals surface area contributed by atoms with Crippen LogP contribution < -0.4 is 0 Å². The molecular formula is C19H24N4O2S. The molecule has 0 spiro atoms. The molecule has 1 atom stereocenters. The maximum absolute atomic E-state index is 13.3. The summed E-state index contributed by atoms with van der Waals surface area (Å²) in [6.45, 7) is 3.47. The third-order valence-electron chi connectivity index (χ3n) is 4.95. The van der Waals surface area contributed by atoms with Gasteiger partial charge in [0.2, 0.25) is 5.91 Å². The van der Waals surface area contributed by atoms with Crippen LogP contribution in [0.25, 0.3) is 0 Å². The minimum Gasteiger partial charge on any atom is -0.378 e. The Morgan fingerprint density at radius 2 is 1.85 bits per heavy atom. The van der Waals surface area contributed by atoms with Crippen LogP contribution in [0.3, 0.4) is 0 Å². The van der Waals surface area contributed by atoms with E-state index in [4.69, 9.17) is 4.74 Å². The molecule has 4 rings (SSSR count). The highest BCUT2D eigenvalue weighted by Crippen LogP contribution is 2.37. The zero-order chi connectivity index (χ0) is 17.8. The molecule has 138 valence electrons. The normalized spacial score (nSPS) is 18.8. The number of carbonyl (C=O) groups is 1. The zero-order valence-electron chi connectivity index (χ0n) is 14.8. The zero-order valence-corrected chi connectivity index (χ0v) is 15.7. The van der Waals surface area contributed by atoms with E-state index in [1.165, 1.54) is 18.2 Å². The molecule has 1 saturated heterocycles. The Morgan fingerprint density at radius 1 is 1.04 bits per heavy atom. The molecule has 1 unspecified atom stereocenters. The molecule has 1 aromatic heterocycles. The minimum absolute atomic E-state index is 0.135. The summed E-state index contributed by atoms with van der Waals surface area (Å²) < 4.78 is 7.61. The minimum atomic E-state index is -0.300. The number of aromatic nitrogens is 3. The fraction of sp³-hybridized carbons (Fsp3) is 0.526. The molecule has 6 nitrogen and oxygen atoms in total. The van der Waals surface area contributed by atoms with Crippen LogP contribution in [0.1, 0.15) is 35.9 Å². The van der Waals surface area contributed by atoms with Gasteiger partial charge in [-0.15, -0.1) is 10.2 Å². The van der Waals surface area contributed by atoms with Crippen LogP contribution in [0.4, 0.5) is 0 Å². The van der Waals surface area contributed by atoms with Gasteiger partial charge in [0.05, 0.1) is 13.2 Å². The van der Waals surface area contributed by atoms with Crippen molar-refractivity contribution >= 4 is 17.7 Å². The molecule has 1 aromatic carbocycles. The third kappa shape index (κ3) is 3.78. The number of rotatable bonds is 4. The lowest BCUT2D eigenvalue weighted by Crippen LogP contribution is -2.42. The first kappa shape index (κ1) is 17.5. The number of benzene rings is 1. The highest BCUT2D eigenvalue weighted by atomic mass is 32.2. The van der Waals surface area contributed by atoms with Gasteiger partial charge in [-0.1, -0.05) is 48.5 Å². The van der Waals surface area contributed by atoms with Crippen LogP contribution in [0.2, 0.25) is 0 Å². The van der Waals surface area contributed by atoms with Gasteiger partial charge in [0.15, 0.2) is 5.16 Å². The molecule has 3 heterocycles. The first-order valence-corrected chi connectivity index (χ1v) is 10.2. The van der Waals surface area contributed by atoms with Crippen LogP contribution in [0.15, 0.2) is 35.5 Å². The maximum atomic E-state index is 13.3. The molecule has 1 amide bonds. The van der Waals surface area contributed by atoms with Crippen LogP contribution in [0.5, 0.6) is 0 Å². The largest absolute Gasteiger partial charge is 0.378 e. The fourth-order valence-corrected chi connectivity index (χ4v) is 4.66. The number of morpholine rings is 1. The van der Waals surface area contributed by atoms with Gasteiger partial charge >= 0.3 is 0 Å². The Labute approximate surface area is 157 Å². The van der Waals surface area contributed by atoms with E-state index in [0.717, 1.165) is 42.4 Å². The Bertz CT molecular complexity index is 743. The predicted octanol–water partition coefficient (Wildman–Crippen LogP) is 2.70. The molecule has 7 heteroatoms. The van der Waals surface area contributed by atoms with Crippen LogP contribution >= 0.6 is 11.8 Å². The smallest absolute Gasteiger partial charge is 0.240 e. The SMILES string of the molecule is O=C(C(Sc1nnc2n1CCCCC2)c1ccccc1)N1CCOCC1. The van der Waals surface area contributed by atoms with Crippen molar-refractivity contribution in [1.82, 2.24) is 19.7 Å². The highest BCUT2D eigenvalue weighted by Gasteiger charge is 2.30. The number of amides is 1. The number of thioether (sulfide) groups is 1. The maximum Gasteiger partial charge on any atom is 0.240 e. The summed E-state index contributed by atoms with van der Waals surface area (Å²) in [6.07, 6.45) is 4.51. The molecule has 2 aromatic rings. The van der Waals surface area contributed by atoms with E-state index in [1.54, 1.807) is 0 Å². The molecule has 2 aliphatic rings. The topological polar surface area (TPSA) is 60.2 Å². The van der Waals surface area contributed by atoms with E-state index in [-0.39, 0.29) is 11.2 Å². The van der Waals surface area contributed by atoms with Crippen molar-refractivity contribution in [2.45, 2.75) is 42.6 Å². The lowest BCUT2D eigenvalue weighted by Gasteiger charge is -2.30. The van der Waals surface area contributed by atoms with Gasteiger partial charge in [0, 0.05) is 26.1 Å². The quantitative estimate of drug-likeness (QED) is 0.773. The first-order chi connectivity index (χ1) is 12.8. The van der Waals surface area contributed by atoms with Gasteiger partial charge in [-0.3, -0.25) is 4.79 Å². The molecule has 2 aliphatic heterocycles. The van der Waals surface area contributed by atoms with E-state index in [9.17, 15) is 4.79 Å². The number of nitrogens with zero attached hydrogens (tertiary/aromatic N) is 4. The summed E-state index contributed by atoms with van der Waals surface area (Å²) in [5.41, 5.74) is 1.01. The number of carbonyl (C=O) groups excluding carboxylic acids is 1. The van der Waals surface area contributed by atoms with Crippen LogP contribution in [0, 0.1) is 0 Å². The summed E-state index contributed by atoms with van der Waals surface area (Å²) in [6, 6.07) is 10.00. The van der Waals surface area contributed by atoms with E-state index in [0.29, 0.717) is 26.3 Å². The van der Waals surface area contributed by atoms with Crippen molar-refractivity contribution in [2.24, 2.45) is 0 Å². The Morgan fingerprint density at radius 3 is 2.65 bits per heavy atom. The second kappa shape index (κ2) is 8.22. The standard InChI is InChI=1S/C19H24N4O2S/c24-18(22-11-13-25-14-12-22)17(15-7-3-1-4-8-15)26-19-21-20-16-9-5-2-6-10-23(16)19/h1,3-4,7-8,17H,2,5-6,9-14H2. The second-order valence-corrected chi connectivity index (χ2v) is 7.78. The van der Waals surface area contributed by atoms with Crippen LogP contribution in [-0.4, -0.2) is 51.9 Å². The Hall–Kier alpha value is -1.86. The number of ether oxygens (including phenoxy) is 1. The van der Waals surface area contributed by atoms with Gasteiger partial charge in [0.25, 0.3) is 0 Å². The summed E-state index contributed by atoms with van der Waals surface area (Å²) in [4.78, 5) is 15.2. The average Bonchev–Trinajstić information content (AvgIpc) is 2.92. The second-order valence-electron chi connectivity index (χ2n) is 6.71. The Kier molecular flexibility index (Phi) is 5.55. The number of aryl methyl sites for hydroxylation is 1. The van der Waals surface area contributed by atoms with Gasteiger partial charge in [-0.25, -0.2) is 0 Å². The monoisotopic (exact) mass is 372 g/mol. The molecule has 0 radical (unpaired) electrons. The van der Waals surface area contributed by atoms with E-state index in [1.807, 2.05) is 35.2 Å². The molecule has 1 fully saturated rings. The first-order valence-electron chi connectivity index (χ1n) is 9.33. The summed E-state index contributed by atoms with van der Waals surface area (Å²) in [7, 11) is 0. The molecule has 0 aliphatic carbocycles. The number of fused-ring (bicyclic) bond motifs is 1. The number of hydrogen-bond donors (Lipinski definition) is 0. The Balaban J connectivity index is 1.61. The van der Waals surface area contributed by atoms with E-state index in [2.05, 4.69) is 14.8 Å². The molecular weight excluding hydrogens is 348 g/mol. The predicted molar refractivity (Wildman–Crippen MR) is 100 cm³/mol. The lowest BCUT2D eigenvalue weighted by atomic mass is 10.1. The fourth-order valence-electron chi connectivity index (χ4n) is 3.49. The summed E-state index contributed by atoms with van der Waals surface area (Å²) >= 11 is 1.53. The van der Waals surface area contributed by atoms with Gasteiger partial charge in [0.1, 0.15) is 11.1 Å². The van der Waals surface area contributed by atoms with Crippen LogP contribution in [-0.2, 0) is 22.5 Å². The summed E-state index contributed by atoms with van der Waals surface area (Å²) in [5, 5.41) is 9.35. The van der Waals surface area contributed by atoms with E-state index >= 15 is 0 Å².